The van der Waals surface area contributed by atoms with Gasteiger partial charge in [-0.2, -0.15) is 0 Å². The van der Waals surface area contributed by atoms with Gasteiger partial charge in [0.25, 0.3) is 5.91 Å². The molecule has 3 aromatic heterocycles. The maximum absolute atomic E-state index is 15.4. The smallest absolute Gasteiger partial charge is 0.254 e. The lowest BCUT2D eigenvalue weighted by molar-refractivity contribution is 0.0700. The summed E-state index contributed by atoms with van der Waals surface area (Å²) in [4.78, 5) is 24.2. The minimum atomic E-state index is -0.491. The number of nitrogens with two attached hydrogens (primary N) is 1. The van der Waals surface area contributed by atoms with Crippen LogP contribution in [0.2, 0.25) is 0 Å². The van der Waals surface area contributed by atoms with E-state index >= 15 is 4.39 Å². The van der Waals surface area contributed by atoms with Gasteiger partial charge in [-0.05, 0) is 61.8 Å². The number of fused-ring (bicyclic) bond motifs is 4. The van der Waals surface area contributed by atoms with E-state index in [1.54, 1.807) is 22.6 Å². The molecular formula is C26H26F2N6O. The SMILES string of the molecule is Cn1c(-c2cc3cc(F)cnc3n2CC2CC2)nc2cc(C(=O)N3CC4CCC3C4N)cc(F)c21. The number of piperidine rings is 1. The van der Waals surface area contributed by atoms with Crippen LogP contribution in [0.1, 0.15) is 36.0 Å². The highest BCUT2D eigenvalue weighted by atomic mass is 19.1. The topological polar surface area (TPSA) is 82.0 Å². The van der Waals surface area contributed by atoms with E-state index in [4.69, 9.17) is 10.7 Å². The zero-order valence-corrected chi connectivity index (χ0v) is 19.4. The minimum absolute atomic E-state index is 0.000754. The van der Waals surface area contributed by atoms with Gasteiger partial charge in [-0.1, -0.05) is 0 Å². The first-order valence-corrected chi connectivity index (χ1v) is 12.3. The monoisotopic (exact) mass is 476 g/mol. The van der Waals surface area contributed by atoms with Gasteiger partial charge in [0.05, 0.1) is 17.4 Å². The van der Waals surface area contributed by atoms with E-state index in [9.17, 15) is 9.18 Å². The van der Waals surface area contributed by atoms with Crippen LogP contribution in [0.25, 0.3) is 33.6 Å². The highest BCUT2D eigenvalue weighted by Gasteiger charge is 2.47. The molecule has 3 unspecified atom stereocenters. The molecule has 2 saturated carbocycles. The number of benzene rings is 1. The van der Waals surface area contributed by atoms with Crippen LogP contribution in [-0.4, -0.2) is 48.5 Å². The molecule has 180 valence electrons. The van der Waals surface area contributed by atoms with E-state index in [1.165, 1.54) is 18.3 Å². The fourth-order valence-corrected chi connectivity index (χ4v) is 6.14. The molecule has 2 aliphatic carbocycles. The Morgan fingerprint density at radius 1 is 1.14 bits per heavy atom. The van der Waals surface area contributed by atoms with Crippen LogP contribution in [0.4, 0.5) is 8.78 Å². The molecular weight excluding hydrogens is 450 g/mol. The number of hydrogen-bond acceptors (Lipinski definition) is 4. The van der Waals surface area contributed by atoms with Gasteiger partial charge in [0.2, 0.25) is 0 Å². The lowest BCUT2D eigenvalue weighted by atomic mass is 10.1. The predicted octanol–water partition coefficient (Wildman–Crippen LogP) is 3.84. The largest absolute Gasteiger partial charge is 0.334 e. The van der Waals surface area contributed by atoms with E-state index in [2.05, 4.69) is 9.55 Å². The molecule has 3 fully saturated rings. The highest BCUT2D eigenvalue weighted by Crippen LogP contribution is 2.39. The van der Waals surface area contributed by atoms with Crippen molar-refractivity contribution in [2.75, 3.05) is 6.54 Å². The summed E-state index contributed by atoms with van der Waals surface area (Å²) in [7, 11) is 1.76. The summed E-state index contributed by atoms with van der Waals surface area (Å²) in [6.45, 7) is 1.38. The normalized spacial score (nSPS) is 23.8. The summed E-state index contributed by atoms with van der Waals surface area (Å²) >= 11 is 0. The first-order valence-electron chi connectivity index (χ1n) is 12.3. The second-order valence-corrected chi connectivity index (χ2v) is 10.4. The number of halogens is 2. The number of aromatic nitrogens is 4. The number of likely N-dealkylation sites (tertiary alicyclic amines) is 1. The number of rotatable bonds is 4. The molecule has 9 heteroatoms. The number of pyridine rings is 1. The van der Waals surface area contributed by atoms with Crippen molar-refractivity contribution >= 4 is 28.0 Å². The molecule has 1 saturated heterocycles. The van der Waals surface area contributed by atoms with Crippen LogP contribution in [-0.2, 0) is 13.6 Å². The maximum Gasteiger partial charge on any atom is 0.254 e. The molecule has 2 N–H and O–H groups in total. The molecule has 4 aromatic rings. The maximum atomic E-state index is 15.4. The Balaban J connectivity index is 1.33. The van der Waals surface area contributed by atoms with Crippen molar-refractivity contribution in [1.82, 2.24) is 24.0 Å². The Morgan fingerprint density at radius 3 is 2.69 bits per heavy atom. The lowest BCUT2D eigenvalue weighted by Crippen LogP contribution is -2.41. The molecule has 1 amide bonds. The van der Waals surface area contributed by atoms with Crippen LogP contribution in [0.5, 0.6) is 0 Å². The van der Waals surface area contributed by atoms with Crippen LogP contribution in [0, 0.1) is 23.5 Å². The summed E-state index contributed by atoms with van der Waals surface area (Å²) in [6.07, 6.45) is 5.45. The molecule has 35 heavy (non-hydrogen) atoms. The quantitative estimate of drug-likeness (QED) is 0.485. The summed E-state index contributed by atoms with van der Waals surface area (Å²) in [5.41, 5.74) is 8.78. The Hall–Kier alpha value is -3.33. The van der Waals surface area contributed by atoms with Crippen molar-refractivity contribution in [2.45, 2.75) is 44.3 Å². The average molecular weight is 477 g/mol. The second kappa shape index (κ2) is 7.34. The molecule has 1 aliphatic heterocycles. The standard InChI is InChI=1S/C26H26F2N6O/c1-32-23-18(28)7-16(26(35)34-12-14-4-5-20(34)22(14)29)8-19(23)31-25(32)21-9-15-6-17(27)10-30-24(15)33(21)11-13-2-3-13/h6-10,13-14,20,22H,2-5,11-12,29H2,1H3. The lowest BCUT2D eigenvalue weighted by Gasteiger charge is -2.27. The summed E-state index contributed by atoms with van der Waals surface area (Å²) in [6, 6.07) is 6.33. The van der Waals surface area contributed by atoms with E-state index in [0.717, 1.165) is 37.9 Å². The summed E-state index contributed by atoms with van der Waals surface area (Å²) in [5, 5.41) is 0.685. The third kappa shape index (κ3) is 3.14. The van der Waals surface area contributed by atoms with Crippen molar-refractivity contribution in [1.29, 1.82) is 0 Å². The zero-order valence-electron chi connectivity index (χ0n) is 19.4. The number of aryl methyl sites for hydroxylation is 1. The zero-order chi connectivity index (χ0) is 24.0. The fourth-order valence-electron chi connectivity index (χ4n) is 6.14. The Morgan fingerprint density at radius 2 is 1.97 bits per heavy atom. The van der Waals surface area contributed by atoms with E-state index in [-0.39, 0.29) is 18.0 Å². The van der Waals surface area contributed by atoms with Crippen molar-refractivity contribution < 1.29 is 13.6 Å². The summed E-state index contributed by atoms with van der Waals surface area (Å²) in [5.74, 6) is 0.352. The van der Waals surface area contributed by atoms with Gasteiger partial charge in [-0.25, -0.2) is 18.7 Å². The van der Waals surface area contributed by atoms with Gasteiger partial charge in [0, 0.05) is 43.2 Å². The average Bonchev–Trinajstić information content (AvgIpc) is 3.24. The van der Waals surface area contributed by atoms with Crippen molar-refractivity contribution in [2.24, 2.45) is 24.6 Å². The number of nitrogens with zero attached hydrogens (tertiary/aromatic N) is 5. The Labute approximate surface area is 200 Å². The molecule has 4 heterocycles. The third-order valence-corrected chi connectivity index (χ3v) is 8.15. The minimum Gasteiger partial charge on any atom is -0.334 e. The van der Waals surface area contributed by atoms with Gasteiger partial charge in [-0.15, -0.1) is 0 Å². The molecule has 0 radical (unpaired) electrons. The van der Waals surface area contributed by atoms with Gasteiger partial charge in [0.1, 0.15) is 22.8 Å². The third-order valence-electron chi connectivity index (χ3n) is 8.15. The number of amides is 1. The van der Waals surface area contributed by atoms with Crippen molar-refractivity contribution in [3.8, 4) is 11.5 Å². The first-order chi connectivity index (χ1) is 16.9. The predicted molar refractivity (Wildman–Crippen MR) is 128 cm³/mol. The van der Waals surface area contributed by atoms with Gasteiger partial charge >= 0.3 is 0 Å². The molecule has 3 aliphatic rings. The number of carbonyl (C=O) groups is 1. The highest BCUT2D eigenvalue weighted by molar-refractivity contribution is 5.98. The van der Waals surface area contributed by atoms with Crippen molar-refractivity contribution in [3.63, 3.8) is 0 Å². The number of imidazole rings is 1. The fraction of sp³-hybridized carbons (Fsp3) is 0.423. The molecule has 2 bridgehead atoms. The Bertz CT molecular complexity index is 1520. The van der Waals surface area contributed by atoms with Crippen molar-refractivity contribution in [3.05, 3.63) is 47.7 Å². The van der Waals surface area contributed by atoms with Gasteiger partial charge in [-0.3, -0.25) is 4.79 Å². The number of hydrogen-bond donors (Lipinski definition) is 1. The van der Waals surface area contributed by atoms with Crippen LogP contribution >= 0.6 is 0 Å². The van der Waals surface area contributed by atoms with E-state index in [1.807, 2.05) is 6.07 Å². The van der Waals surface area contributed by atoms with Crippen LogP contribution < -0.4 is 5.73 Å². The van der Waals surface area contributed by atoms with Gasteiger partial charge < -0.3 is 19.8 Å². The molecule has 7 nitrogen and oxygen atoms in total. The Kier molecular flexibility index (Phi) is 4.40. The number of carbonyl (C=O) groups excluding carboxylic acids is 1. The molecule has 1 aromatic carbocycles. The second-order valence-electron chi connectivity index (χ2n) is 10.4. The van der Waals surface area contributed by atoms with E-state index in [0.29, 0.717) is 51.8 Å². The van der Waals surface area contributed by atoms with E-state index < -0.39 is 11.6 Å². The van der Waals surface area contributed by atoms with Crippen LogP contribution in [0.3, 0.4) is 0 Å². The van der Waals surface area contributed by atoms with Gasteiger partial charge in [0.15, 0.2) is 5.82 Å². The summed E-state index contributed by atoms with van der Waals surface area (Å²) < 4.78 is 33.1. The molecule has 7 rings (SSSR count). The first kappa shape index (κ1) is 21.0. The molecule has 0 spiro atoms. The van der Waals surface area contributed by atoms with Crippen LogP contribution in [0.15, 0.2) is 30.5 Å². The molecule has 3 atom stereocenters.